The second-order valence-corrected chi connectivity index (χ2v) is 4.25. The van der Waals surface area contributed by atoms with Crippen LogP contribution in [0.15, 0.2) is 18.2 Å². The van der Waals surface area contributed by atoms with Gasteiger partial charge in [-0.1, -0.05) is 36.2 Å². The fourth-order valence-corrected chi connectivity index (χ4v) is 1.98. The molecule has 2 rings (SSSR count). The molecule has 0 saturated carbocycles. The molecule has 0 N–H and O–H groups in total. The van der Waals surface area contributed by atoms with Crippen molar-refractivity contribution in [3.63, 3.8) is 0 Å². The summed E-state index contributed by atoms with van der Waals surface area (Å²) in [7, 11) is -0.159. The summed E-state index contributed by atoms with van der Waals surface area (Å²) in [5.74, 6) is 0. The summed E-state index contributed by atoms with van der Waals surface area (Å²) in [5, 5.41) is 0. The lowest BCUT2D eigenvalue weighted by Gasteiger charge is -2.08. The summed E-state index contributed by atoms with van der Waals surface area (Å²) in [6, 6.07) is 6.43. The van der Waals surface area contributed by atoms with Gasteiger partial charge in [0.25, 0.3) is 0 Å². The Balaban J connectivity index is 2.16. The molecule has 0 aromatic heterocycles. The Kier molecular flexibility index (Phi) is 3.12. The van der Waals surface area contributed by atoms with Gasteiger partial charge in [0.1, 0.15) is 0 Å². The van der Waals surface area contributed by atoms with Crippen LogP contribution in [0.4, 0.5) is 0 Å². The van der Waals surface area contributed by atoms with Gasteiger partial charge in [-0.15, -0.1) is 0 Å². The molecule has 0 spiro atoms. The topological polar surface area (TPSA) is 18.5 Å². The Morgan fingerprint density at radius 3 is 2.47 bits per heavy atom. The maximum Gasteiger partial charge on any atom is 0.494 e. The summed E-state index contributed by atoms with van der Waals surface area (Å²) < 4.78 is 11.4. The number of hydrogen-bond donors (Lipinski definition) is 0. The van der Waals surface area contributed by atoms with Crippen molar-refractivity contribution >= 4 is 12.6 Å². The molecule has 2 nitrogen and oxygen atoms in total. The molecule has 0 amide bonds. The van der Waals surface area contributed by atoms with Gasteiger partial charge in [0, 0.05) is 0 Å². The zero-order valence-electron chi connectivity index (χ0n) is 9.62. The first-order valence-electron chi connectivity index (χ1n) is 5.54. The molecule has 0 aliphatic carbocycles. The Morgan fingerprint density at radius 2 is 1.93 bits per heavy atom. The fraction of sp³-hybridized carbons (Fsp3) is 0.500. The van der Waals surface area contributed by atoms with E-state index in [4.69, 9.17) is 9.31 Å². The highest BCUT2D eigenvalue weighted by molar-refractivity contribution is 6.61. The number of aryl methyl sites for hydroxylation is 2. The second-order valence-electron chi connectivity index (χ2n) is 4.25. The largest absolute Gasteiger partial charge is 0.494 e. The van der Waals surface area contributed by atoms with E-state index in [9.17, 15) is 0 Å². The predicted molar refractivity (Wildman–Crippen MR) is 62.4 cm³/mol. The normalized spacial score (nSPS) is 21.0. The molecule has 80 valence electrons. The van der Waals surface area contributed by atoms with Crippen LogP contribution in [0, 0.1) is 13.8 Å². The molecule has 0 radical (unpaired) electrons. The summed E-state index contributed by atoms with van der Waals surface area (Å²) in [6.07, 6.45) is 1.28. The Labute approximate surface area is 91.7 Å². The van der Waals surface area contributed by atoms with E-state index in [-0.39, 0.29) is 13.2 Å². The maximum absolute atomic E-state index is 5.78. The predicted octanol–water partition coefficient (Wildman–Crippen LogP) is 1.82. The molecule has 1 aliphatic heterocycles. The summed E-state index contributed by atoms with van der Waals surface area (Å²) >= 11 is 0. The number of benzene rings is 1. The van der Waals surface area contributed by atoms with Crippen LogP contribution in [0.3, 0.4) is 0 Å². The van der Waals surface area contributed by atoms with Crippen LogP contribution >= 0.6 is 0 Å². The van der Waals surface area contributed by atoms with E-state index >= 15 is 0 Å². The molecular weight excluding hydrogens is 187 g/mol. The number of rotatable bonds is 2. The quantitative estimate of drug-likeness (QED) is 0.684. The van der Waals surface area contributed by atoms with Crippen LogP contribution in [0.1, 0.15) is 24.5 Å². The Bertz CT molecular complexity index is 331. The highest BCUT2D eigenvalue weighted by Gasteiger charge is 2.32. The van der Waals surface area contributed by atoms with Crippen LogP contribution in [-0.2, 0) is 9.31 Å². The van der Waals surface area contributed by atoms with Crippen LogP contribution in [0.2, 0.25) is 0 Å². The van der Waals surface area contributed by atoms with Gasteiger partial charge in [0.05, 0.1) is 12.7 Å². The highest BCUT2D eigenvalue weighted by atomic mass is 16.6. The van der Waals surface area contributed by atoms with Crippen LogP contribution in [0.5, 0.6) is 0 Å². The lowest BCUT2D eigenvalue weighted by Crippen LogP contribution is -2.32. The van der Waals surface area contributed by atoms with Crippen molar-refractivity contribution in [3.05, 3.63) is 29.3 Å². The van der Waals surface area contributed by atoms with Crippen molar-refractivity contribution in [2.24, 2.45) is 0 Å². The van der Waals surface area contributed by atoms with Gasteiger partial charge >= 0.3 is 7.12 Å². The molecule has 1 aromatic carbocycles. The molecular formula is C12H17BO2. The first-order chi connectivity index (χ1) is 7.19. The third-order valence-corrected chi connectivity index (χ3v) is 2.72. The van der Waals surface area contributed by atoms with Gasteiger partial charge in [0.15, 0.2) is 0 Å². The van der Waals surface area contributed by atoms with Gasteiger partial charge in [-0.25, -0.2) is 0 Å². The van der Waals surface area contributed by atoms with Gasteiger partial charge in [-0.05, 0) is 25.7 Å². The van der Waals surface area contributed by atoms with Crippen molar-refractivity contribution < 1.29 is 9.31 Å². The molecule has 1 unspecified atom stereocenters. The molecule has 1 atom stereocenters. The molecule has 1 aromatic rings. The minimum Gasteiger partial charge on any atom is -0.405 e. The van der Waals surface area contributed by atoms with Gasteiger partial charge in [0.2, 0.25) is 0 Å². The molecule has 15 heavy (non-hydrogen) atoms. The van der Waals surface area contributed by atoms with Gasteiger partial charge in [-0.3, -0.25) is 0 Å². The summed E-state index contributed by atoms with van der Waals surface area (Å²) in [6.45, 7) is 7.04. The van der Waals surface area contributed by atoms with Gasteiger partial charge in [-0.2, -0.15) is 0 Å². The van der Waals surface area contributed by atoms with Crippen molar-refractivity contribution in [2.75, 3.05) is 6.61 Å². The van der Waals surface area contributed by atoms with E-state index < -0.39 is 0 Å². The average Bonchev–Trinajstić information content (AvgIpc) is 2.64. The zero-order chi connectivity index (χ0) is 10.8. The lowest BCUT2D eigenvalue weighted by molar-refractivity contribution is 0.230. The second kappa shape index (κ2) is 4.37. The maximum atomic E-state index is 5.78. The monoisotopic (exact) mass is 204 g/mol. The smallest absolute Gasteiger partial charge is 0.405 e. The van der Waals surface area contributed by atoms with Crippen molar-refractivity contribution in [2.45, 2.75) is 33.3 Å². The van der Waals surface area contributed by atoms with Crippen LogP contribution < -0.4 is 5.46 Å². The van der Waals surface area contributed by atoms with E-state index in [1.165, 1.54) is 11.1 Å². The Morgan fingerprint density at radius 1 is 1.27 bits per heavy atom. The fourth-order valence-electron chi connectivity index (χ4n) is 1.98. The molecule has 1 saturated heterocycles. The van der Waals surface area contributed by atoms with Crippen molar-refractivity contribution in [3.8, 4) is 0 Å². The zero-order valence-corrected chi connectivity index (χ0v) is 9.62. The minimum atomic E-state index is -0.159. The SMILES string of the molecule is CCC1COB(c2cc(C)cc(C)c2)O1. The van der Waals surface area contributed by atoms with E-state index in [0.29, 0.717) is 6.61 Å². The third-order valence-electron chi connectivity index (χ3n) is 2.72. The van der Waals surface area contributed by atoms with Gasteiger partial charge < -0.3 is 9.31 Å². The van der Waals surface area contributed by atoms with Crippen LogP contribution in [0.25, 0.3) is 0 Å². The average molecular weight is 204 g/mol. The first kappa shape index (κ1) is 10.7. The van der Waals surface area contributed by atoms with E-state index in [1.807, 2.05) is 0 Å². The van der Waals surface area contributed by atoms with Crippen molar-refractivity contribution in [1.29, 1.82) is 0 Å². The Hall–Kier alpha value is -0.795. The molecule has 1 aliphatic rings. The van der Waals surface area contributed by atoms with E-state index in [1.54, 1.807) is 0 Å². The molecule has 3 heteroatoms. The highest BCUT2D eigenvalue weighted by Crippen LogP contribution is 2.12. The number of hydrogen-bond acceptors (Lipinski definition) is 2. The standard InChI is InChI=1S/C12H17BO2/c1-4-12-8-14-13(15-12)11-6-9(2)5-10(3)7-11/h5-7,12H,4,8H2,1-3H3. The van der Waals surface area contributed by atoms with E-state index in [0.717, 1.165) is 11.9 Å². The van der Waals surface area contributed by atoms with E-state index in [2.05, 4.69) is 39.0 Å². The molecule has 0 bridgehead atoms. The summed E-state index contributed by atoms with van der Waals surface area (Å²) in [4.78, 5) is 0. The summed E-state index contributed by atoms with van der Waals surface area (Å²) in [5.41, 5.74) is 3.66. The van der Waals surface area contributed by atoms with Crippen LogP contribution in [-0.4, -0.2) is 19.8 Å². The van der Waals surface area contributed by atoms with Crippen molar-refractivity contribution in [1.82, 2.24) is 0 Å². The molecule has 1 fully saturated rings. The minimum absolute atomic E-state index is 0.159. The lowest BCUT2D eigenvalue weighted by atomic mass is 9.78. The molecule has 1 heterocycles. The first-order valence-corrected chi connectivity index (χ1v) is 5.54. The third kappa shape index (κ3) is 2.41.